The smallest absolute Gasteiger partial charge is 0.164 e. The zero-order valence-electron chi connectivity index (χ0n) is 7.10. The molecule has 0 saturated carbocycles. The van der Waals surface area contributed by atoms with Crippen LogP contribution in [0.1, 0.15) is 12.8 Å². The lowest BCUT2D eigenvalue weighted by Crippen LogP contribution is -2.35. The number of fused-ring (bicyclic) bond motifs is 5. The molecule has 4 unspecified atom stereocenters. The average molecular weight is 178 g/mol. The van der Waals surface area contributed by atoms with E-state index >= 15 is 0 Å². The molecule has 0 radical (unpaired) electrons. The van der Waals surface area contributed by atoms with Gasteiger partial charge in [0.1, 0.15) is 6.10 Å². The van der Waals surface area contributed by atoms with Crippen molar-refractivity contribution in [1.29, 1.82) is 0 Å². The highest BCUT2D eigenvalue weighted by atomic mass is 16.5. The van der Waals surface area contributed by atoms with Crippen LogP contribution in [0, 0.1) is 11.8 Å². The highest BCUT2D eigenvalue weighted by Gasteiger charge is 2.53. The van der Waals surface area contributed by atoms with E-state index in [4.69, 9.17) is 4.74 Å². The molecule has 0 amide bonds. The first-order valence-electron chi connectivity index (χ1n) is 4.65. The fourth-order valence-corrected chi connectivity index (χ4v) is 2.70. The number of hydrogen-bond acceptors (Lipinski definition) is 3. The quantitative estimate of drug-likeness (QED) is 0.542. The highest BCUT2D eigenvalue weighted by Crippen LogP contribution is 2.45. The van der Waals surface area contributed by atoms with Gasteiger partial charge in [-0.25, -0.2) is 0 Å². The second kappa shape index (κ2) is 2.29. The minimum absolute atomic E-state index is 0.0619. The van der Waals surface area contributed by atoms with Crippen molar-refractivity contribution in [3.63, 3.8) is 0 Å². The number of hydrogen-bond donors (Lipinski definition) is 0. The van der Waals surface area contributed by atoms with Crippen LogP contribution in [0.5, 0.6) is 0 Å². The summed E-state index contributed by atoms with van der Waals surface area (Å²) in [6.45, 7) is 0. The average Bonchev–Trinajstić information content (AvgIpc) is 2.60. The van der Waals surface area contributed by atoms with Gasteiger partial charge < -0.3 is 4.74 Å². The lowest BCUT2D eigenvalue weighted by atomic mass is 9.73. The summed E-state index contributed by atoms with van der Waals surface area (Å²) >= 11 is 0. The van der Waals surface area contributed by atoms with Crippen molar-refractivity contribution in [2.24, 2.45) is 11.8 Å². The second-order valence-corrected chi connectivity index (χ2v) is 4.04. The van der Waals surface area contributed by atoms with Crippen molar-refractivity contribution < 1.29 is 14.3 Å². The molecule has 3 heteroatoms. The summed E-state index contributed by atoms with van der Waals surface area (Å²) < 4.78 is 5.53. The zero-order valence-corrected chi connectivity index (χ0v) is 7.10. The van der Waals surface area contributed by atoms with E-state index in [0.717, 1.165) is 0 Å². The number of ketones is 2. The van der Waals surface area contributed by atoms with Gasteiger partial charge in [-0.2, -0.15) is 0 Å². The van der Waals surface area contributed by atoms with Crippen LogP contribution in [0.15, 0.2) is 12.2 Å². The van der Waals surface area contributed by atoms with Gasteiger partial charge in [-0.3, -0.25) is 9.59 Å². The normalized spacial score (nSPS) is 47.1. The molecule has 13 heavy (non-hydrogen) atoms. The molecular formula is C10H10O3. The van der Waals surface area contributed by atoms with Crippen LogP contribution >= 0.6 is 0 Å². The number of carbonyl (C=O) groups excluding carboxylic acids is 2. The molecule has 2 fully saturated rings. The fraction of sp³-hybridized carbons (Fsp3) is 0.600. The van der Waals surface area contributed by atoms with E-state index in [2.05, 4.69) is 0 Å². The first-order valence-corrected chi connectivity index (χ1v) is 4.65. The van der Waals surface area contributed by atoms with Crippen molar-refractivity contribution in [2.75, 3.05) is 0 Å². The van der Waals surface area contributed by atoms with E-state index in [9.17, 15) is 9.59 Å². The summed E-state index contributed by atoms with van der Waals surface area (Å²) in [6, 6.07) is 0. The van der Waals surface area contributed by atoms with Crippen molar-refractivity contribution in [3.8, 4) is 0 Å². The lowest BCUT2D eigenvalue weighted by molar-refractivity contribution is -0.125. The Hall–Kier alpha value is -0.960. The summed E-state index contributed by atoms with van der Waals surface area (Å²) in [4.78, 5) is 22.5. The van der Waals surface area contributed by atoms with Crippen LogP contribution in [0.3, 0.4) is 0 Å². The van der Waals surface area contributed by atoms with Gasteiger partial charge >= 0.3 is 0 Å². The summed E-state index contributed by atoms with van der Waals surface area (Å²) in [5.41, 5.74) is 0. The number of ether oxygens (including phenoxy) is 1. The molecule has 2 aliphatic heterocycles. The Morgan fingerprint density at radius 3 is 3.00 bits per heavy atom. The molecule has 2 saturated heterocycles. The van der Waals surface area contributed by atoms with E-state index in [0.29, 0.717) is 18.8 Å². The summed E-state index contributed by atoms with van der Waals surface area (Å²) in [5.74, 6) is 0.781. The Kier molecular flexibility index (Phi) is 1.31. The first kappa shape index (κ1) is 7.44. The Balaban J connectivity index is 1.97. The first-order chi connectivity index (χ1) is 6.25. The number of Topliss-reactive ketones (excluding diaryl/α,β-unsaturated/α-hetero) is 1. The van der Waals surface area contributed by atoms with Gasteiger partial charge in [0.15, 0.2) is 11.6 Å². The van der Waals surface area contributed by atoms with Crippen LogP contribution in [0.2, 0.25) is 0 Å². The zero-order chi connectivity index (χ0) is 9.00. The fourth-order valence-electron chi connectivity index (χ4n) is 2.70. The topological polar surface area (TPSA) is 43.4 Å². The molecule has 0 aromatic heterocycles. The van der Waals surface area contributed by atoms with Crippen molar-refractivity contribution in [2.45, 2.75) is 25.0 Å². The minimum Gasteiger partial charge on any atom is -0.366 e. The Morgan fingerprint density at radius 2 is 2.15 bits per heavy atom. The standard InChI is InChI=1S/C10H10O3/c11-5-1-2-6-7(3-5)10-8(12)4-9(6)13-10/h1-2,6-7,9-10H,3-4H2. The third-order valence-corrected chi connectivity index (χ3v) is 3.29. The summed E-state index contributed by atoms with van der Waals surface area (Å²) in [6.07, 6.45) is 4.39. The lowest BCUT2D eigenvalue weighted by Gasteiger charge is -2.26. The van der Waals surface area contributed by atoms with Crippen molar-refractivity contribution in [1.82, 2.24) is 0 Å². The highest BCUT2D eigenvalue weighted by molar-refractivity contribution is 5.93. The molecule has 3 rings (SSSR count). The monoisotopic (exact) mass is 178 g/mol. The maximum atomic E-state index is 11.3. The number of carbonyl (C=O) groups is 2. The second-order valence-electron chi connectivity index (χ2n) is 4.04. The van der Waals surface area contributed by atoms with Gasteiger partial charge in [0.2, 0.25) is 0 Å². The molecule has 2 bridgehead atoms. The van der Waals surface area contributed by atoms with Gasteiger partial charge in [0, 0.05) is 24.7 Å². The molecule has 0 aromatic rings. The molecule has 3 aliphatic rings. The van der Waals surface area contributed by atoms with E-state index in [1.807, 2.05) is 6.08 Å². The van der Waals surface area contributed by atoms with E-state index < -0.39 is 0 Å². The van der Waals surface area contributed by atoms with E-state index in [-0.39, 0.29) is 29.7 Å². The summed E-state index contributed by atoms with van der Waals surface area (Å²) in [7, 11) is 0. The molecule has 0 N–H and O–H groups in total. The third-order valence-electron chi connectivity index (χ3n) is 3.29. The van der Waals surface area contributed by atoms with Crippen molar-refractivity contribution in [3.05, 3.63) is 12.2 Å². The predicted molar refractivity (Wildman–Crippen MR) is 44.0 cm³/mol. The minimum atomic E-state index is -0.274. The largest absolute Gasteiger partial charge is 0.366 e. The summed E-state index contributed by atoms with van der Waals surface area (Å²) in [5, 5.41) is 0. The number of allylic oxidation sites excluding steroid dienone is 1. The predicted octanol–water partition coefficient (Wildman–Crippen LogP) is 0.488. The van der Waals surface area contributed by atoms with Crippen molar-refractivity contribution >= 4 is 11.6 Å². The van der Waals surface area contributed by atoms with Crippen LogP contribution in [-0.2, 0) is 14.3 Å². The Labute approximate surface area is 75.8 Å². The Morgan fingerprint density at radius 1 is 1.31 bits per heavy atom. The van der Waals surface area contributed by atoms with E-state index in [1.165, 1.54) is 0 Å². The number of rotatable bonds is 0. The Bertz CT molecular complexity index is 318. The molecule has 4 atom stereocenters. The molecule has 1 aliphatic carbocycles. The molecule has 3 nitrogen and oxygen atoms in total. The van der Waals surface area contributed by atoms with Crippen LogP contribution in [0.25, 0.3) is 0 Å². The van der Waals surface area contributed by atoms with Gasteiger partial charge in [-0.1, -0.05) is 6.08 Å². The van der Waals surface area contributed by atoms with Crippen LogP contribution in [0.4, 0.5) is 0 Å². The van der Waals surface area contributed by atoms with Crippen LogP contribution < -0.4 is 0 Å². The molecular weight excluding hydrogens is 168 g/mol. The SMILES string of the molecule is O=C1C=CC2C3CC(=O)C(O3)C2C1. The maximum Gasteiger partial charge on any atom is 0.164 e. The van der Waals surface area contributed by atoms with Crippen LogP contribution in [-0.4, -0.2) is 23.8 Å². The van der Waals surface area contributed by atoms with Gasteiger partial charge in [-0.15, -0.1) is 0 Å². The molecule has 0 spiro atoms. The van der Waals surface area contributed by atoms with Gasteiger partial charge in [0.05, 0.1) is 6.10 Å². The van der Waals surface area contributed by atoms with Gasteiger partial charge in [0.25, 0.3) is 0 Å². The maximum absolute atomic E-state index is 11.3. The third kappa shape index (κ3) is 0.879. The molecule has 68 valence electrons. The van der Waals surface area contributed by atoms with Gasteiger partial charge in [-0.05, 0) is 6.08 Å². The molecule has 2 heterocycles. The molecule has 0 aromatic carbocycles. The van der Waals surface area contributed by atoms with E-state index in [1.54, 1.807) is 6.08 Å².